The summed E-state index contributed by atoms with van der Waals surface area (Å²) in [5, 5.41) is 13.6. The SMILES string of the molecule is CC(C)(C=O)CCNC(=S)NCCCNC(=S)NCCC(C)(C)C=O. The molecule has 0 aliphatic heterocycles. The fourth-order valence-corrected chi connectivity index (χ4v) is 2.14. The summed E-state index contributed by atoms with van der Waals surface area (Å²) in [4.78, 5) is 21.6. The quantitative estimate of drug-likeness (QED) is 0.228. The first-order chi connectivity index (χ1) is 11.6. The number of aldehydes is 2. The molecule has 0 amide bonds. The van der Waals surface area contributed by atoms with E-state index in [0.29, 0.717) is 23.3 Å². The fourth-order valence-electron chi connectivity index (χ4n) is 1.73. The maximum Gasteiger partial charge on any atom is 0.166 e. The van der Waals surface area contributed by atoms with Gasteiger partial charge in [-0.2, -0.15) is 0 Å². The lowest BCUT2D eigenvalue weighted by molar-refractivity contribution is -0.115. The van der Waals surface area contributed by atoms with Gasteiger partial charge in [-0.1, -0.05) is 27.7 Å². The van der Waals surface area contributed by atoms with Crippen molar-refractivity contribution in [3.8, 4) is 0 Å². The van der Waals surface area contributed by atoms with Crippen LogP contribution in [-0.4, -0.2) is 49.0 Å². The second-order valence-corrected chi connectivity index (χ2v) is 8.25. The van der Waals surface area contributed by atoms with E-state index in [4.69, 9.17) is 24.4 Å². The molecule has 0 bridgehead atoms. The van der Waals surface area contributed by atoms with Gasteiger partial charge in [0.05, 0.1) is 0 Å². The molecule has 25 heavy (non-hydrogen) atoms. The van der Waals surface area contributed by atoms with E-state index in [1.807, 2.05) is 27.7 Å². The zero-order valence-corrected chi connectivity index (χ0v) is 17.4. The predicted molar refractivity (Wildman–Crippen MR) is 111 cm³/mol. The second-order valence-electron chi connectivity index (χ2n) is 7.43. The minimum absolute atomic E-state index is 0.323. The Morgan fingerprint density at radius 3 is 1.36 bits per heavy atom. The van der Waals surface area contributed by atoms with Gasteiger partial charge in [-0.15, -0.1) is 0 Å². The van der Waals surface area contributed by atoms with Crippen LogP contribution in [-0.2, 0) is 9.59 Å². The van der Waals surface area contributed by atoms with E-state index in [1.165, 1.54) is 0 Å². The van der Waals surface area contributed by atoms with Gasteiger partial charge in [-0.25, -0.2) is 0 Å². The molecule has 0 rings (SSSR count). The third-order valence-corrected chi connectivity index (χ3v) is 4.25. The summed E-state index contributed by atoms with van der Waals surface area (Å²) in [7, 11) is 0. The lowest BCUT2D eigenvalue weighted by Crippen LogP contribution is -2.40. The van der Waals surface area contributed by atoms with Crippen LogP contribution in [0.15, 0.2) is 0 Å². The van der Waals surface area contributed by atoms with Crippen LogP contribution in [0.4, 0.5) is 0 Å². The van der Waals surface area contributed by atoms with E-state index >= 15 is 0 Å². The van der Waals surface area contributed by atoms with E-state index in [9.17, 15) is 9.59 Å². The van der Waals surface area contributed by atoms with Crippen molar-refractivity contribution < 1.29 is 9.59 Å². The van der Waals surface area contributed by atoms with Gasteiger partial charge in [0.15, 0.2) is 10.2 Å². The largest absolute Gasteiger partial charge is 0.363 e. The molecule has 6 nitrogen and oxygen atoms in total. The Kier molecular flexibility index (Phi) is 11.5. The maximum atomic E-state index is 10.8. The smallest absolute Gasteiger partial charge is 0.166 e. The highest BCUT2D eigenvalue weighted by Crippen LogP contribution is 2.15. The molecule has 0 radical (unpaired) electrons. The van der Waals surface area contributed by atoms with E-state index in [0.717, 1.165) is 44.9 Å². The average Bonchev–Trinajstić information content (AvgIpc) is 2.54. The van der Waals surface area contributed by atoms with Gasteiger partial charge < -0.3 is 30.9 Å². The Morgan fingerprint density at radius 2 is 1.04 bits per heavy atom. The molecule has 0 aromatic carbocycles. The van der Waals surface area contributed by atoms with Crippen LogP contribution in [0.2, 0.25) is 0 Å². The zero-order chi connectivity index (χ0) is 19.3. The topological polar surface area (TPSA) is 82.3 Å². The highest BCUT2D eigenvalue weighted by atomic mass is 32.1. The average molecular weight is 389 g/mol. The van der Waals surface area contributed by atoms with Gasteiger partial charge in [0.25, 0.3) is 0 Å². The number of rotatable bonds is 12. The van der Waals surface area contributed by atoms with E-state index in [1.54, 1.807) is 0 Å². The Balaban J connectivity index is 3.62. The van der Waals surface area contributed by atoms with Crippen molar-refractivity contribution in [3.63, 3.8) is 0 Å². The highest BCUT2D eigenvalue weighted by Gasteiger charge is 2.16. The standard InChI is InChI=1S/C17H32N4O2S2/c1-16(2,12-22)6-10-20-14(24)18-8-5-9-19-15(25)21-11-7-17(3,4)13-23/h12-13H,5-11H2,1-4H3,(H2,18,20,24)(H2,19,21,25). The van der Waals surface area contributed by atoms with Crippen molar-refractivity contribution in [2.45, 2.75) is 47.0 Å². The minimum Gasteiger partial charge on any atom is -0.363 e. The molecule has 0 atom stereocenters. The summed E-state index contributed by atoms with van der Waals surface area (Å²) in [5.74, 6) is 0. The maximum absolute atomic E-state index is 10.8. The predicted octanol–water partition coefficient (Wildman–Crippen LogP) is 1.54. The Hall–Kier alpha value is -1.28. The van der Waals surface area contributed by atoms with Crippen molar-refractivity contribution in [2.24, 2.45) is 10.8 Å². The summed E-state index contributed by atoms with van der Waals surface area (Å²) in [6.07, 6.45) is 4.27. The van der Waals surface area contributed by atoms with E-state index in [2.05, 4.69) is 21.3 Å². The van der Waals surface area contributed by atoms with Crippen LogP contribution in [0.1, 0.15) is 47.0 Å². The molecule has 0 saturated carbocycles. The fraction of sp³-hybridized carbons (Fsp3) is 0.765. The highest BCUT2D eigenvalue weighted by molar-refractivity contribution is 7.80. The lowest BCUT2D eigenvalue weighted by atomic mass is 9.92. The van der Waals surface area contributed by atoms with Gasteiger partial charge >= 0.3 is 0 Å². The van der Waals surface area contributed by atoms with Crippen molar-refractivity contribution in [2.75, 3.05) is 26.2 Å². The number of thiocarbonyl (C=S) groups is 2. The molecular weight excluding hydrogens is 356 g/mol. The lowest BCUT2D eigenvalue weighted by Gasteiger charge is -2.18. The van der Waals surface area contributed by atoms with Crippen molar-refractivity contribution in [1.29, 1.82) is 0 Å². The van der Waals surface area contributed by atoms with Crippen LogP contribution < -0.4 is 21.3 Å². The van der Waals surface area contributed by atoms with Crippen LogP contribution in [0.3, 0.4) is 0 Å². The summed E-state index contributed by atoms with van der Waals surface area (Å²) >= 11 is 10.4. The second kappa shape index (κ2) is 12.1. The summed E-state index contributed by atoms with van der Waals surface area (Å²) in [5.41, 5.74) is -0.647. The van der Waals surface area contributed by atoms with Crippen molar-refractivity contribution >= 4 is 47.2 Å². The molecular formula is C17H32N4O2S2. The van der Waals surface area contributed by atoms with Crippen molar-refractivity contribution in [1.82, 2.24) is 21.3 Å². The molecule has 144 valence electrons. The summed E-state index contributed by atoms with van der Waals surface area (Å²) in [6, 6.07) is 0. The first-order valence-corrected chi connectivity index (χ1v) is 9.39. The van der Waals surface area contributed by atoms with Crippen LogP contribution >= 0.6 is 24.4 Å². The number of carbonyl (C=O) groups excluding carboxylic acids is 2. The third kappa shape index (κ3) is 13.7. The zero-order valence-electron chi connectivity index (χ0n) is 15.7. The van der Waals surface area contributed by atoms with Gasteiger partial charge in [-0.3, -0.25) is 0 Å². The number of nitrogens with one attached hydrogen (secondary N) is 4. The molecule has 4 N–H and O–H groups in total. The number of carbonyl (C=O) groups is 2. The summed E-state index contributed by atoms with van der Waals surface area (Å²) in [6.45, 7) is 10.4. The first-order valence-electron chi connectivity index (χ1n) is 8.58. The molecule has 0 fully saturated rings. The molecule has 0 aromatic heterocycles. The Labute approximate surface area is 162 Å². The van der Waals surface area contributed by atoms with Gasteiger partial charge in [0.1, 0.15) is 12.6 Å². The van der Waals surface area contributed by atoms with E-state index in [-0.39, 0.29) is 10.8 Å². The van der Waals surface area contributed by atoms with Gasteiger partial charge in [0.2, 0.25) is 0 Å². The van der Waals surface area contributed by atoms with Crippen LogP contribution in [0, 0.1) is 10.8 Å². The molecule has 8 heteroatoms. The Bertz CT molecular complexity index is 414. The van der Waals surface area contributed by atoms with Gasteiger partial charge in [0, 0.05) is 37.0 Å². The van der Waals surface area contributed by atoms with E-state index < -0.39 is 0 Å². The molecule has 0 spiro atoms. The molecule has 0 unspecified atom stereocenters. The number of hydrogen-bond acceptors (Lipinski definition) is 4. The third-order valence-electron chi connectivity index (χ3n) is 3.67. The molecule has 0 heterocycles. The van der Waals surface area contributed by atoms with Gasteiger partial charge in [-0.05, 0) is 43.7 Å². The molecule has 0 aliphatic rings. The first kappa shape index (κ1) is 23.7. The number of hydrogen-bond donors (Lipinski definition) is 4. The van der Waals surface area contributed by atoms with Crippen LogP contribution in [0.5, 0.6) is 0 Å². The monoisotopic (exact) mass is 388 g/mol. The van der Waals surface area contributed by atoms with Crippen molar-refractivity contribution in [3.05, 3.63) is 0 Å². The normalized spacial score (nSPS) is 11.4. The molecule has 0 saturated heterocycles. The molecule has 0 aromatic rings. The van der Waals surface area contributed by atoms with Crippen LogP contribution in [0.25, 0.3) is 0 Å². The summed E-state index contributed by atoms with van der Waals surface area (Å²) < 4.78 is 0. The minimum atomic E-state index is -0.323. The molecule has 0 aliphatic carbocycles. The Morgan fingerprint density at radius 1 is 0.720 bits per heavy atom.